The molecule has 1 heterocycles. The number of nitrogens with zero attached hydrogens (tertiary/aromatic N) is 1. The van der Waals surface area contributed by atoms with Crippen LogP contribution in [0, 0.1) is 11.3 Å². The van der Waals surface area contributed by atoms with Crippen LogP contribution in [0.2, 0.25) is 5.02 Å². The van der Waals surface area contributed by atoms with Crippen molar-refractivity contribution >= 4 is 29.4 Å². The van der Waals surface area contributed by atoms with Gasteiger partial charge in [0.2, 0.25) is 5.76 Å². The largest absolute Gasteiger partial charge is 0.486 e. The van der Waals surface area contributed by atoms with E-state index in [2.05, 4.69) is 10.6 Å². The van der Waals surface area contributed by atoms with Crippen molar-refractivity contribution in [2.45, 2.75) is 19.3 Å². The van der Waals surface area contributed by atoms with E-state index in [1.165, 1.54) is 12.6 Å². The lowest BCUT2D eigenvalue weighted by atomic mass is 9.86. The first kappa shape index (κ1) is 18.7. The van der Waals surface area contributed by atoms with Gasteiger partial charge in [0.25, 0.3) is 5.91 Å². The van der Waals surface area contributed by atoms with E-state index < -0.39 is 0 Å². The van der Waals surface area contributed by atoms with Crippen molar-refractivity contribution in [3.63, 3.8) is 0 Å². The molecule has 0 bridgehead atoms. The molecule has 0 unspecified atom stereocenters. The van der Waals surface area contributed by atoms with Gasteiger partial charge in [-0.1, -0.05) is 24.1 Å². The monoisotopic (exact) mass is 376 g/mol. The molecule has 0 atom stereocenters. The second kappa shape index (κ2) is 9.05. The number of nitrogens with one attached hydrogen (secondary N) is 3. The number of carbonyl (C=O) groups is 1. The minimum atomic E-state index is -0.344. The van der Waals surface area contributed by atoms with Gasteiger partial charge in [-0.15, -0.1) is 0 Å². The number of piperazine rings is 1. The van der Waals surface area contributed by atoms with Crippen LogP contribution in [0.4, 0.5) is 5.69 Å². The Hall–Kier alpha value is -2.05. The van der Waals surface area contributed by atoms with Crippen molar-refractivity contribution in [1.82, 2.24) is 10.2 Å². The van der Waals surface area contributed by atoms with Crippen LogP contribution in [0.15, 0.2) is 35.7 Å². The lowest BCUT2D eigenvalue weighted by Gasteiger charge is -2.32. The zero-order valence-corrected chi connectivity index (χ0v) is 15.5. The van der Waals surface area contributed by atoms with Gasteiger partial charge in [0, 0.05) is 43.1 Å². The average Bonchev–Trinajstić information content (AvgIpc) is 2.60. The molecule has 1 aromatic rings. The number of allylic oxidation sites excluding steroid dienone is 1. The molecule has 1 saturated carbocycles. The van der Waals surface area contributed by atoms with Crippen LogP contribution in [0.1, 0.15) is 19.3 Å². The van der Waals surface area contributed by atoms with Gasteiger partial charge in [-0.05, 0) is 37.0 Å². The molecule has 0 aromatic heterocycles. The van der Waals surface area contributed by atoms with Gasteiger partial charge in [0.05, 0.1) is 6.61 Å². The van der Waals surface area contributed by atoms with Crippen molar-refractivity contribution < 1.29 is 9.53 Å². The molecule has 7 heteroatoms. The number of rotatable bonds is 7. The minimum absolute atomic E-state index is 0.216. The number of amides is 1. The molecule has 0 radical (unpaired) electrons. The van der Waals surface area contributed by atoms with E-state index in [0.717, 1.165) is 39.0 Å². The topological polar surface area (TPSA) is 77.5 Å². The van der Waals surface area contributed by atoms with Crippen molar-refractivity contribution in [3.8, 4) is 0 Å². The van der Waals surface area contributed by atoms with E-state index in [4.69, 9.17) is 21.7 Å². The number of halogens is 1. The third-order valence-electron chi connectivity index (χ3n) is 4.80. The number of ether oxygens (including phenoxy) is 1. The fraction of sp³-hybridized carbons (Fsp3) is 0.474. The van der Waals surface area contributed by atoms with Crippen LogP contribution in [0.5, 0.6) is 0 Å². The quantitative estimate of drug-likeness (QED) is 0.388. The Balaban J connectivity index is 1.81. The van der Waals surface area contributed by atoms with Crippen LogP contribution in [0.25, 0.3) is 0 Å². The molecule has 140 valence electrons. The van der Waals surface area contributed by atoms with Crippen molar-refractivity contribution in [2.24, 2.45) is 5.92 Å². The van der Waals surface area contributed by atoms with Crippen molar-refractivity contribution in [2.75, 3.05) is 38.1 Å². The summed E-state index contributed by atoms with van der Waals surface area (Å²) in [5.74, 6) is 0.372. The third kappa shape index (κ3) is 4.77. The summed E-state index contributed by atoms with van der Waals surface area (Å²) in [6.07, 6.45) is 4.71. The highest BCUT2D eigenvalue weighted by atomic mass is 35.5. The highest BCUT2D eigenvalue weighted by molar-refractivity contribution is 6.31. The molecule has 2 aliphatic rings. The fourth-order valence-corrected chi connectivity index (χ4v) is 3.27. The summed E-state index contributed by atoms with van der Waals surface area (Å²) in [4.78, 5) is 14.9. The van der Waals surface area contributed by atoms with Crippen LogP contribution < -0.4 is 10.6 Å². The second-order valence-electron chi connectivity index (χ2n) is 6.67. The first-order chi connectivity index (χ1) is 12.7. The van der Waals surface area contributed by atoms with E-state index in [0.29, 0.717) is 28.9 Å². The summed E-state index contributed by atoms with van der Waals surface area (Å²) in [5.41, 5.74) is 1.14. The van der Waals surface area contributed by atoms with Gasteiger partial charge in [-0.3, -0.25) is 4.79 Å². The Bertz CT molecular complexity index is 682. The van der Waals surface area contributed by atoms with Gasteiger partial charge >= 0.3 is 0 Å². The van der Waals surface area contributed by atoms with E-state index in [9.17, 15) is 4.79 Å². The van der Waals surface area contributed by atoms with Crippen LogP contribution in [0.3, 0.4) is 0 Å². The maximum absolute atomic E-state index is 12.9. The number of anilines is 1. The molecular formula is C19H25ClN4O2. The number of hydrogen-bond acceptors (Lipinski definition) is 5. The normalized spacial score (nSPS) is 18.6. The molecule has 3 rings (SSSR count). The number of carbonyl (C=O) groups excluding carboxylic acids is 1. The smallest absolute Gasteiger partial charge is 0.293 e. The van der Waals surface area contributed by atoms with E-state index in [1.807, 2.05) is 4.90 Å². The lowest BCUT2D eigenvalue weighted by Crippen LogP contribution is -2.44. The standard InChI is InChI=1S/C19H25ClN4O2/c20-15-5-2-6-16(11-15)23-19(25)18(26-13-14-3-1-4-14)17(12-21)24-9-7-22-8-10-24/h2,5-6,11-12,14,21-22H,1,3-4,7-10,13H2,(H,23,25). The van der Waals surface area contributed by atoms with Crippen LogP contribution >= 0.6 is 11.6 Å². The maximum atomic E-state index is 12.9. The van der Waals surface area contributed by atoms with Gasteiger partial charge in [0.1, 0.15) is 5.70 Å². The Kier molecular flexibility index (Phi) is 6.52. The minimum Gasteiger partial charge on any atom is -0.486 e. The highest BCUT2D eigenvalue weighted by Crippen LogP contribution is 2.28. The number of hydrogen-bond donors (Lipinski definition) is 3. The summed E-state index contributed by atoms with van der Waals surface area (Å²) >= 11 is 6.00. The summed E-state index contributed by atoms with van der Waals surface area (Å²) in [7, 11) is 0. The summed E-state index contributed by atoms with van der Waals surface area (Å²) in [6.45, 7) is 3.64. The predicted octanol–water partition coefficient (Wildman–Crippen LogP) is 2.86. The average molecular weight is 377 g/mol. The van der Waals surface area contributed by atoms with Crippen molar-refractivity contribution in [3.05, 3.63) is 40.7 Å². The second-order valence-corrected chi connectivity index (χ2v) is 7.10. The lowest BCUT2D eigenvalue weighted by molar-refractivity contribution is -0.116. The van der Waals surface area contributed by atoms with Gasteiger partial charge < -0.3 is 25.7 Å². The SMILES string of the molecule is N=CC(=C(OCC1CCC1)C(=O)Nc1cccc(Cl)c1)N1CCNCC1. The van der Waals surface area contributed by atoms with E-state index in [-0.39, 0.29) is 11.7 Å². The van der Waals surface area contributed by atoms with Gasteiger partial charge in [-0.25, -0.2) is 0 Å². The van der Waals surface area contributed by atoms with E-state index >= 15 is 0 Å². The Morgan fingerprint density at radius 1 is 1.38 bits per heavy atom. The molecule has 1 amide bonds. The first-order valence-electron chi connectivity index (χ1n) is 9.07. The van der Waals surface area contributed by atoms with Crippen LogP contribution in [-0.2, 0) is 9.53 Å². The molecule has 2 fully saturated rings. The summed E-state index contributed by atoms with van der Waals surface area (Å²) < 4.78 is 5.94. The molecule has 1 saturated heterocycles. The van der Waals surface area contributed by atoms with E-state index in [1.54, 1.807) is 24.3 Å². The molecule has 3 N–H and O–H groups in total. The first-order valence-corrected chi connectivity index (χ1v) is 9.45. The Morgan fingerprint density at radius 3 is 2.77 bits per heavy atom. The van der Waals surface area contributed by atoms with Gasteiger partial charge in [-0.2, -0.15) is 0 Å². The number of benzene rings is 1. The summed E-state index contributed by atoms with van der Waals surface area (Å²) in [5, 5.41) is 14.5. The fourth-order valence-electron chi connectivity index (χ4n) is 3.08. The zero-order chi connectivity index (χ0) is 18.4. The predicted molar refractivity (Wildman–Crippen MR) is 104 cm³/mol. The molecule has 1 aromatic carbocycles. The zero-order valence-electron chi connectivity index (χ0n) is 14.8. The van der Waals surface area contributed by atoms with Crippen molar-refractivity contribution in [1.29, 1.82) is 5.41 Å². The Labute approximate surface area is 159 Å². The molecule has 1 aliphatic heterocycles. The van der Waals surface area contributed by atoms with Crippen LogP contribution in [-0.4, -0.2) is 49.8 Å². The third-order valence-corrected chi connectivity index (χ3v) is 5.04. The highest BCUT2D eigenvalue weighted by Gasteiger charge is 2.25. The molecular weight excluding hydrogens is 352 g/mol. The Morgan fingerprint density at radius 2 is 2.15 bits per heavy atom. The molecule has 0 spiro atoms. The summed E-state index contributed by atoms with van der Waals surface area (Å²) in [6, 6.07) is 7.01. The van der Waals surface area contributed by atoms with Gasteiger partial charge in [0.15, 0.2) is 0 Å². The molecule has 26 heavy (non-hydrogen) atoms. The molecule has 6 nitrogen and oxygen atoms in total. The molecule has 1 aliphatic carbocycles. The maximum Gasteiger partial charge on any atom is 0.293 e.